The second-order valence-electron chi connectivity index (χ2n) is 2.30. The lowest BCUT2D eigenvalue weighted by Crippen LogP contribution is -2.50. The Morgan fingerprint density at radius 2 is 2.30 bits per heavy atom. The fourth-order valence-corrected chi connectivity index (χ4v) is 0.560. The first-order valence-corrected chi connectivity index (χ1v) is 3.09. The Bertz CT molecular complexity index is 141. The zero-order valence-electron chi connectivity index (χ0n) is 6.05. The van der Waals surface area contributed by atoms with Crippen LogP contribution < -0.4 is 22.3 Å². The van der Waals surface area contributed by atoms with Gasteiger partial charge in [0.25, 0.3) is 0 Å². The summed E-state index contributed by atoms with van der Waals surface area (Å²) in [5, 5.41) is 5.32. The maximum absolute atomic E-state index is 5.58. The van der Waals surface area contributed by atoms with Crippen LogP contribution >= 0.6 is 0 Å². The predicted octanol–water partition coefficient (Wildman–Crippen LogP) is -1.55. The number of nitrogens with one attached hydrogen (secondary N) is 3. The fourth-order valence-electron chi connectivity index (χ4n) is 0.560. The third-order valence-electron chi connectivity index (χ3n) is 1.19. The van der Waals surface area contributed by atoms with Crippen LogP contribution in [0.4, 0.5) is 0 Å². The lowest BCUT2D eigenvalue weighted by molar-refractivity contribution is 0.351. The molecule has 1 aliphatic rings. The predicted molar refractivity (Wildman–Crippen MR) is 38.0 cm³/mol. The van der Waals surface area contributed by atoms with Gasteiger partial charge in [-0.3, -0.25) is 10.4 Å². The molecule has 0 aromatic carbocycles. The van der Waals surface area contributed by atoms with Gasteiger partial charge in [0.1, 0.15) is 0 Å². The van der Waals surface area contributed by atoms with E-state index in [1.165, 1.54) is 5.01 Å². The molecule has 0 bridgehead atoms. The number of hydrogen-bond acceptors (Lipinski definition) is 6. The van der Waals surface area contributed by atoms with Gasteiger partial charge in [0, 0.05) is 6.04 Å². The Hall–Kier alpha value is -1.01. The molecule has 1 heterocycles. The first-order chi connectivity index (χ1) is 4.72. The molecular weight excluding hydrogens is 132 g/mol. The van der Waals surface area contributed by atoms with Gasteiger partial charge in [-0.1, -0.05) is 0 Å². The molecule has 0 radical (unpaired) electrons. The van der Waals surface area contributed by atoms with Crippen molar-refractivity contribution in [2.75, 3.05) is 0 Å². The van der Waals surface area contributed by atoms with Crippen molar-refractivity contribution >= 4 is 5.96 Å². The molecule has 0 saturated carbocycles. The molecule has 6 nitrogen and oxygen atoms in total. The molecule has 0 saturated heterocycles. The Morgan fingerprint density at radius 3 is 2.70 bits per heavy atom. The molecule has 1 aliphatic heterocycles. The molecular formula is C4H12N6. The van der Waals surface area contributed by atoms with E-state index >= 15 is 0 Å². The molecule has 10 heavy (non-hydrogen) atoms. The zero-order chi connectivity index (χ0) is 7.56. The highest BCUT2D eigenvalue weighted by Gasteiger charge is 2.12. The Labute approximate surface area is 59.4 Å². The lowest BCUT2D eigenvalue weighted by atomic mass is 10.4. The molecule has 0 fully saturated rings. The van der Waals surface area contributed by atoms with Crippen LogP contribution in [0, 0.1) is 0 Å². The lowest BCUT2D eigenvalue weighted by Gasteiger charge is -2.20. The van der Waals surface area contributed by atoms with Gasteiger partial charge in [0.2, 0.25) is 5.96 Å². The molecule has 1 rings (SSSR count). The molecule has 0 spiro atoms. The molecule has 58 valence electrons. The summed E-state index contributed by atoms with van der Waals surface area (Å²) in [4.78, 5) is 0. The van der Waals surface area contributed by atoms with Gasteiger partial charge in [-0.05, 0) is 13.8 Å². The minimum absolute atomic E-state index is 0.230. The topological polar surface area (TPSA) is 77.7 Å². The van der Waals surface area contributed by atoms with Crippen molar-refractivity contribution in [3.05, 3.63) is 0 Å². The largest absolute Gasteiger partial charge is 0.276 e. The molecule has 0 aliphatic carbocycles. The molecule has 5 N–H and O–H groups in total. The molecule has 0 amide bonds. The number of hydrogen-bond donors (Lipinski definition) is 4. The van der Waals surface area contributed by atoms with Crippen LogP contribution in [0.1, 0.15) is 13.8 Å². The van der Waals surface area contributed by atoms with Gasteiger partial charge >= 0.3 is 0 Å². The highest BCUT2D eigenvalue weighted by Crippen LogP contribution is 1.90. The summed E-state index contributed by atoms with van der Waals surface area (Å²) in [5.74, 6) is 6.17. The molecule has 0 aromatic rings. The Morgan fingerprint density at radius 1 is 1.60 bits per heavy atom. The summed E-state index contributed by atoms with van der Waals surface area (Å²) in [6.45, 7) is 3.95. The highest BCUT2D eigenvalue weighted by atomic mass is 15.8. The maximum Gasteiger partial charge on any atom is 0.248 e. The minimum Gasteiger partial charge on any atom is -0.276 e. The van der Waals surface area contributed by atoms with Crippen molar-refractivity contribution in [1.82, 2.24) is 21.5 Å². The number of guanidine groups is 1. The smallest absolute Gasteiger partial charge is 0.248 e. The van der Waals surface area contributed by atoms with Crippen molar-refractivity contribution in [3.63, 3.8) is 0 Å². The summed E-state index contributed by atoms with van der Waals surface area (Å²) in [5.41, 5.74) is 7.82. The van der Waals surface area contributed by atoms with Crippen molar-refractivity contribution in [2.45, 2.75) is 19.9 Å². The van der Waals surface area contributed by atoms with Gasteiger partial charge in [-0.15, -0.1) is 10.6 Å². The molecule has 0 aromatic heterocycles. The van der Waals surface area contributed by atoms with Crippen LogP contribution in [-0.2, 0) is 0 Å². The van der Waals surface area contributed by atoms with Crippen LogP contribution in [0.3, 0.4) is 0 Å². The molecule has 0 unspecified atom stereocenters. The van der Waals surface area contributed by atoms with E-state index < -0.39 is 0 Å². The van der Waals surface area contributed by atoms with Gasteiger partial charge in [-0.2, -0.15) is 0 Å². The van der Waals surface area contributed by atoms with E-state index in [9.17, 15) is 0 Å². The van der Waals surface area contributed by atoms with Crippen LogP contribution in [0.15, 0.2) is 5.10 Å². The van der Waals surface area contributed by atoms with Crippen LogP contribution in [-0.4, -0.2) is 17.0 Å². The van der Waals surface area contributed by atoms with Gasteiger partial charge < -0.3 is 0 Å². The second-order valence-corrected chi connectivity index (χ2v) is 2.30. The highest BCUT2D eigenvalue weighted by molar-refractivity contribution is 5.79. The fraction of sp³-hybridized carbons (Fsp3) is 0.750. The summed E-state index contributed by atoms with van der Waals surface area (Å²) in [6, 6.07) is 0.230. The van der Waals surface area contributed by atoms with E-state index in [1.807, 2.05) is 13.8 Å². The first-order valence-electron chi connectivity index (χ1n) is 3.09. The number of rotatable bonds is 1. The van der Waals surface area contributed by atoms with Crippen molar-refractivity contribution in [1.29, 1.82) is 0 Å². The number of hydrazine groups is 3. The molecule has 6 heteroatoms. The van der Waals surface area contributed by atoms with E-state index in [4.69, 9.17) is 5.84 Å². The van der Waals surface area contributed by atoms with E-state index in [0.29, 0.717) is 5.96 Å². The Kier molecular flexibility index (Phi) is 1.93. The van der Waals surface area contributed by atoms with Crippen LogP contribution in [0.25, 0.3) is 0 Å². The molecule has 0 atom stereocenters. The number of nitrogens with zero attached hydrogens (tertiary/aromatic N) is 2. The zero-order valence-corrected chi connectivity index (χ0v) is 6.05. The third-order valence-corrected chi connectivity index (χ3v) is 1.19. The third kappa shape index (κ3) is 1.28. The normalized spacial score (nSPS) is 16.2. The summed E-state index contributed by atoms with van der Waals surface area (Å²) < 4.78 is 0. The van der Waals surface area contributed by atoms with Gasteiger partial charge in [0.05, 0.1) is 0 Å². The first kappa shape index (κ1) is 7.10. The van der Waals surface area contributed by atoms with E-state index in [-0.39, 0.29) is 6.04 Å². The number of nitrogens with two attached hydrogens (primary N) is 1. The van der Waals surface area contributed by atoms with Crippen LogP contribution in [0.5, 0.6) is 0 Å². The number of hydrazone groups is 1. The summed E-state index contributed by atoms with van der Waals surface area (Å²) in [7, 11) is 0. The van der Waals surface area contributed by atoms with Crippen molar-refractivity contribution in [2.24, 2.45) is 10.9 Å². The second kappa shape index (κ2) is 2.72. The Balaban J connectivity index is 2.47. The van der Waals surface area contributed by atoms with Crippen LogP contribution in [0.2, 0.25) is 0 Å². The average Bonchev–Trinajstić information content (AvgIpc) is 2.36. The van der Waals surface area contributed by atoms with E-state index in [1.54, 1.807) is 0 Å². The maximum atomic E-state index is 5.58. The van der Waals surface area contributed by atoms with E-state index in [2.05, 4.69) is 21.6 Å². The minimum atomic E-state index is 0.230. The van der Waals surface area contributed by atoms with Gasteiger partial charge in [-0.25, -0.2) is 11.4 Å². The standard InChI is InChI=1S/C4H12N6/c1-3(2)10(5)4-6-8-9-7-4/h3,8-9H,5H2,1-2H3,(H,6,7). The summed E-state index contributed by atoms with van der Waals surface area (Å²) in [6.07, 6.45) is 0. The SMILES string of the molecule is CC(C)N(N)C1=NNNN1. The quantitative estimate of drug-likeness (QED) is 0.265. The average molecular weight is 144 g/mol. The van der Waals surface area contributed by atoms with E-state index in [0.717, 1.165) is 0 Å². The summed E-state index contributed by atoms with van der Waals surface area (Å²) >= 11 is 0. The van der Waals surface area contributed by atoms with Gasteiger partial charge in [0.15, 0.2) is 0 Å². The van der Waals surface area contributed by atoms with Crippen molar-refractivity contribution in [3.8, 4) is 0 Å². The monoisotopic (exact) mass is 144 g/mol. The van der Waals surface area contributed by atoms with Crippen molar-refractivity contribution < 1.29 is 0 Å².